The zero-order valence-electron chi connectivity index (χ0n) is 15.0. The van der Waals surface area contributed by atoms with Gasteiger partial charge in [0.2, 0.25) is 0 Å². The van der Waals surface area contributed by atoms with E-state index in [9.17, 15) is 0 Å². The van der Waals surface area contributed by atoms with Crippen molar-refractivity contribution in [2.75, 3.05) is 33.7 Å². The number of nitrogens with zero attached hydrogens (tertiary/aromatic N) is 2. The quantitative estimate of drug-likeness (QED) is 0.648. The van der Waals surface area contributed by atoms with E-state index in [-0.39, 0.29) is 0 Å². The van der Waals surface area contributed by atoms with Crippen LogP contribution in [-0.4, -0.2) is 49.7 Å². The molecule has 0 amide bonds. The number of rotatable bonds is 9. The molecule has 3 unspecified atom stereocenters. The molecule has 2 heterocycles. The van der Waals surface area contributed by atoms with Gasteiger partial charge in [-0.05, 0) is 31.6 Å². The first-order valence-electron chi connectivity index (χ1n) is 8.92. The zero-order valence-corrected chi connectivity index (χ0v) is 15.0. The lowest BCUT2D eigenvalue weighted by Crippen LogP contribution is -2.44. The first-order valence-corrected chi connectivity index (χ1v) is 8.92. The van der Waals surface area contributed by atoms with E-state index in [1.807, 2.05) is 18.5 Å². The molecule has 0 bridgehead atoms. The van der Waals surface area contributed by atoms with Crippen LogP contribution in [0.5, 0.6) is 0 Å². The Morgan fingerprint density at radius 1 is 1.35 bits per heavy atom. The van der Waals surface area contributed by atoms with Crippen LogP contribution in [0.2, 0.25) is 0 Å². The molecular formula is C18H33N5. The largest absolute Gasteiger partial charge is 0.315 e. The van der Waals surface area contributed by atoms with Crippen molar-refractivity contribution in [1.29, 1.82) is 0 Å². The van der Waals surface area contributed by atoms with Crippen LogP contribution in [0.4, 0.5) is 0 Å². The summed E-state index contributed by atoms with van der Waals surface area (Å²) >= 11 is 0. The summed E-state index contributed by atoms with van der Waals surface area (Å²) in [7, 11) is 4.39. The number of aromatic nitrogens is 1. The minimum atomic E-state index is 0.335. The predicted molar refractivity (Wildman–Crippen MR) is 96.0 cm³/mol. The Balaban J connectivity index is 1.87. The van der Waals surface area contributed by atoms with E-state index in [0.717, 1.165) is 25.6 Å². The zero-order chi connectivity index (χ0) is 16.7. The summed E-state index contributed by atoms with van der Waals surface area (Å²) in [5.74, 6) is 1.30. The van der Waals surface area contributed by atoms with E-state index < -0.39 is 0 Å². The van der Waals surface area contributed by atoms with Gasteiger partial charge in [-0.1, -0.05) is 32.8 Å². The molecule has 0 aliphatic carbocycles. The fourth-order valence-corrected chi connectivity index (χ4v) is 3.66. The lowest BCUT2D eigenvalue weighted by molar-refractivity contribution is 0.192. The third-order valence-corrected chi connectivity index (χ3v) is 5.15. The van der Waals surface area contributed by atoms with Crippen molar-refractivity contribution in [1.82, 2.24) is 26.1 Å². The Bertz CT molecular complexity index is 432. The number of likely N-dealkylation sites (N-methyl/N-ethyl adjacent to an activating group) is 1. The van der Waals surface area contributed by atoms with Crippen LogP contribution in [0.15, 0.2) is 24.5 Å². The normalized spacial score (nSPS) is 22.9. The predicted octanol–water partition coefficient (Wildman–Crippen LogP) is 1.80. The Hall–Kier alpha value is -1.01. The Labute approximate surface area is 141 Å². The highest BCUT2D eigenvalue weighted by Gasteiger charge is 2.28. The number of pyridine rings is 1. The average molecular weight is 319 g/mol. The maximum Gasteiger partial charge on any atom is 0.0530 e. The molecule has 1 aliphatic rings. The van der Waals surface area contributed by atoms with E-state index in [4.69, 9.17) is 0 Å². The lowest BCUT2D eigenvalue weighted by Gasteiger charge is -2.32. The first-order chi connectivity index (χ1) is 11.2. The summed E-state index contributed by atoms with van der Waals surface area (Å²) in [5.41, 5.74) is 7.95. The minimum Gasteiger partial charge on any atom is -0.315 e. The highest BCUT2D eigenvalue weighted by molar-refractivity contribution is 5.16. The average Bonchev–Trinajstić information content (AvgIpc) is 3.03. The van der Waals surface area contributed by atoms with Gasteiger partial charge >= 0.3 is 0 Å². The van der Waals surface area contributed by atoms with Crippen LogP contribution in [0.25, 0.3) is 0 Å². The van der Waals surface area contributed by atoms with Gasteiger partial charge in [0.15, 0.2) is 0 Å². The lowest BCUT2D eigenvalue weighted by atomic mass is 9.92. The molecule has 1 aromatic heterocycles. The number of nitrogens with one attached hydrogen (secondary N) is 3. The van der Waals surface area contributed by atoms with Crippen LogP contribution in [0.1, 0.15) is 38.3 Å². The first kappa shape index (κ1) is 18.3. The molecule has 1 aliphatic heterocycles. The van der Waals surface area contributed by atoms with E-state index in [2.05, 4.69) is 60.1 Å². The second-order valence-electron chi connectivity index (χ2n) is 6.82. The number of hydrogen-bond donors (Lipinski definition) is 3. The molecule has 23 heavy (non-hydrogen) atoms. The molecule has 0 spiro atoms. The van der Waals surface area contributed by atoms with Gasteiger partial charge in [-0.2, -0.15) is 0 Å². The molecule has 0 radical (unpaired) electrons. The van der Waals surface area contributed by atoms with Crippen LogP contribution >= 0.6 is 0 Å². The van der Waals surface area contributed by atoms with Crippen molar-refractivity contribution in [2.24, 2.45) is 11.8 Å². The molecule has 5 nitrogen and oxygen atoms in total. The summed E-state index contributed by atoms with van der Waals surface area (Å²) in [4.78, 5) is 6.62. The number of hydrazine groups is 1. The van der Waals surface area contributed by atoms with Gasteiger partial charge in [0.25, 0.3) is 0 Å². The molecule has 5 heteroatoms. The molecule has 1 saturated heterocycles. The van der Waals surface area contributed by atoms with Crippen LogP contribution in [0, 0.1) is 11.8 Å². The van der Waals surface area contributed by atoms with Crippen LogP contribution in [0.3, 0.4) is 0 Å². The van der Waals surface area contributed by atoms with Crippen molar-refractivity contribution < 1.29 is 0 Å². The summed E-state index contributed by atoms with van der Waals surface area (Å²) in [6.07, 6.45) is 6.28. The van der Waals surface area contributed by atoms with Gasteiger partial charge in [-0.15, -0.1) is 0 Å². The molecule has 1 aromatic rings. The van der Waals surface area contributed by atoms with Gasteiger partial charge in [0, 0.05) is 44.0 Å². The summed E-state index contributed by atoms with van der Waals surface area (Å²) in [6, 6.07) is 5.10. The third-order valence-electron chi connectivity index (χ3n) is 5.15. The molecular weight excluding hydrogens is 286 g/mol. The van der Waals surface area contributed by atoms with Crippen molar-refractivity contribution >= 4 is 0 Å². The van der Waals surface area contributed by atoms with E-state index >= 15 is 0 Å². The number of hydrogen-bond acceptors (Lipinski definition) is 5. The van der Waals surface area contributed by atoms with Crippen molar-refractivity contribution in [2.45, 2.75) is 38.8 Å². The molecule has 0 saturated carbocycles. The Kier molecular flexibility index (Phi) is 7.43. The smallest absolute Gasteiger partial charge is 0.0530 e. The monoisotopic (exact) mass is 319 g/mol. The van der Waals surface area contributed by atoms with E-state index in [1.54, 1.807) is 0 Å². The highest BCUT2D eigenvalue weighted by Crippen LogP contribution is 2.23. The van der Waals surface area contributed by atoms with E-state index in [1.165, 1.54) is 18.4 Å². The van der Waals surface area contributed by atoms with Gasteiger partial charge < -0.3 is 10.2 Å². The molecule has 3 atom stereocenters. The highest BCUT2D eigenvalue weighted by atomic mass is 15.4. The van der Waals surface area contributed by atoms with Crippen LogP contribution < -0.4 is 16.2 Å². The topological polar surface area (TPSA) is 52.2 Å². The fraction of sp³-hybridized carbons (Fsp3) is 0.722. The Morgan fingerprint density at radius 2 is 2.13 bits per heavy atom. The maximum absolute atomic E-state index is 4.25. The van der Waals surface area contributed by atoms with Crippen molar-refractivity contribution in [3.05, 3.63) is 30.1 Å². The van der Waals surface area contributed by atoms with Gasteiger partial charge in [-0.3, -0.25) is 10.4 Å². The second-order valence-corrected chi connectivity index (χ2v) is 6.82. The molecule has 1 fully saturated rings. The van der Waals surface area contributed by atoms with E-state index in [0.29, 0.717) is 18.0 Å². The molecule has 3 N–H and O–H groups in total. The van der Waals surface area contributed by atoms with Crippen molar-refractivity contribution in [3.63, 3.8) is 0 Å². The molecule has 130 valence electrons. The van der Waals surface area contributed by atoms with Gasteiger partial charge in [0.05, 0.1) is 6.04 Å². The Morgan fingerprint density at radius 3 is 2.74 bits per heavy atom. The third kappa shape index (κ3) is 4.98. The second kappa shape index (κ2) is 9.33. The SMILES string of the molecule is CCC(CC)C(CNCC1CNNC1c1cccnc1)N(C)C. The summed E-state index contributed by atoms with van der Waals surface area (Å²) in [6.45, 7) is 7.66. The summed E-state index contributed by atoms with van der Waals surface area (Å²) in [5, 5.41) is 3.72. The van der Waals surface area contributed by atoms with Gasteiger partial charge in [-0.25, -0.2) is 5.43 Å². The van der Waals surface area contributed by atoms with Crippen molar-refractivity contribution in [3.8, 4) is 0 Å². The maximum atomic E-state index is 4.25. The molecule has 2 rings (SSSR count). The standard InChI is InChI=1S/C18H33N5/c1-5-14(6-2)17(23(3)4)13-20-11-16-12-21-22-18(16)15-8-7-9-19-10-15/h7-10,14,16-18,20-22H,5-6,11-13H2,1-4H3. The summed E-state index contributed by atoms with van der Waals surface area (Å²) < 4.78 is 0. The minimum absolute atomic E-state index is 0.335. The fourth-order valence-electron chi connectivity index (χ4n) is 3.66. The van der Waals surface area contributed by atoms with Crippen LogP contribution in [-0.2, 0) is 0 Å². The van der Waals surface area contributed by atoms with Gasteiger partial charge in [0.1, 0.15) is 0 Å². The molecule has 0 aromatic carbocycles.